The summed E-state index contributed by atoms with van der Waals surface area (Å²) in [5.41, 5.74) is 2.53. The second-order valence-corrected chi connectivity index (χ2v) is 10.5. The minimum absolute atomic E-state index is 0.0198. The van der Waals surface area contributed by atoms with Crippen LogP contribution in [0.3, 0.4) is 0 Å². The molecule has 0 bridgehead atoms. The number of carboxylic acids is 1. The fourth-order valence-corrected chi connectivity index (χ4v) is 5.96. The monoisotopic (exact) mass is 457 g/mol. The van der Waals surface area contributed by atoms with Gasteiger partial charge in [0.15, 0.2) is 0 Å². The molecular formula is C25H32ClN3O3. The smallest absolute Gasteiger partial charge is 0.333 e. The number of amides is 1. The molecule has 4 aliphatic rings. The molecule has 1 aromatic rings. The maximum Gasteiger partial charge on any atom is 0.333 e. The van der Waals surface area contributed by atoms with Crippen LogP contribution < -0.4 is 10.2 Å². The van der Waals surface area contributed by atoms with E-state index in [2.05, 4.69) is 27.2 Å². The van der Waals surface area contributed by atoms with Crippen LogP contribution in [0, 0.1) is 11.3 Å². The maximum absolute atomic E-state index is 13.0. The van der Waals surface area contributed by atoms with Gasteiger partial charge in [0.25, 0.3) is 0 Å². The lowest BCUT2D eigenvalue weighted by Gasteiger charge is -2.39. The first-order valence-electron chi connectivity index (χ1n) is 11.9. The minimum Gasteiger partial charge on any atom is -0.478 e. The van der Waals surface area contributed by atoms with E-state index in [1.807, 2.05) is 12.1 Å². The zero-order valence-electron chi connectivity index (χ0n) is 18.5. The third kappa shape index (κ3) is 4.53. The lowest BCUT2D eigenvalue weighted by molar-refractivity contribution is -0.133. The number of hydrogen-bond donors (Lipinski definition) is 2. The lowest BCUT2D eigenvalue weighted by atomic mass is 9.84. The number of carbonyl (C=O) groups is 2. The number of carboxylic acid groups (broad SMARTS) is 1. The fourth-order valence-electron chi connectivity index (χ4n) is 5.83. The average molecular weight is 458 g/mol. The van der Waals surface area contributed by atoms with Gasteiger partial charge >= 0.3 is 5.97 Å². The van der Waals surface area contributed by atoms with Gasteiger partial charge in [0.1, 0.15) is 0 Å². The Morgan fingerprint density at radius 2 is 1.75 bits per heavy atom. The van der Waals surface area contributed by atoms with Crippen LogP contribution in [0.4, 0.5) is 5.69 Å². The second kappa shape index (κ2) is 8.71. The molecule has 0 aromatic heterocycles. The van der Waals surface area contributed by atoms with Crippen molar-refractivity contribution in [2.45, 2.75) is 57.4 Å². The van der Waals surface area contributed by atoms with Crippen LogP contribution in [-0.4, -0.2) is 54.1 Å². The minimum atomic E-state index is -0.867. The van der Waals surface area contributed by atoms with Gasteiger partial charge < -0.3 is 15.3 Å². The highest BCUT2D eigenvalue weighted by Crippen LogP contribution is 2.57. The van der Waals surface area contributed by atoms with Gasteiger partial charge in [0, 0.05) is 54.5 Å². The molecule has 3 fully saturated rings. The molecule has 1 amide bonds. The summed E-state index contributed by atoms with van der Waals surface area (Å²) in [5.74, 6) is -0.865. The van der Waals surface area contributed by atoms with Crippen molar-refractivity contribution in [2.75, 3.05) is 31.1 Å². The molecule has 0 unspecified atom stereocenters. The summed E-state index contributed by atoms with van der Waals surface area (Å²) in [6.45, 7) is 3.95. The Morgan fingerprint density at radius 1 is 1.03 bits per heavy atom. The van der Waals surface area contributed by atoms with Crippen LogP contribution in [0.2, 0.25) is 5.02 Å². The molecule has 0 radical (unpaired) electrons. The first-order chi connectivity index (χ1) is 15.4. The van der Waals surface area contributed by atoms with Crippen LogP contribution in [0.5, 0.6) is 0 Å². The van der Waals surface area contributed by atoms with Gasteiger partial charge in [0.2, 0.25) is 5.91 Å². The van der Waals surface area contributed by atoms with Gasteiger partial charge in [0.05, 0.1) is 5.57 Å². The van der Waals surface area contributed by atoms with Crippen molar-refractivity contribution in [3.05, 3.63) is 40.6 Å². The van der Waals surface area contributed by atoms with E-state index in [0.717, 1.165) is 69.7 Å². The number of anilines is 1. The molecule has 2 N–H and O–H groups in total. The number of piperazine rings is 1. The molecule has 6 nitrogen and oxygen atoms in total. The number of halogens is 1. The molecule has 1 saturated heterocycles. The molecule has 32 heavy (non-hydrogen) atoms. The van der Waals surface area contributed by atoms with Crippen LogP contribution >= 0.6 is 11.6 Å². The van der Waals surface area contributed by atoms with Gasteiger partial charge in [-0.15, -0.1) is 0 Å². The summed E-state index contributed by atoms with van der Waals surface area (Å²) in [5, 5.41) is 13.4. The fraction of sp³-hybridized carbons (Fsp3) is 0.600. The highest BCUT2D eigenvalue weighted by atomic mass is 35.5. The van der Waals surface area contributed by atoms with Gasteiger partial charge in [-0.3, -0.25) is 9.69 Å². The molecule has 2 saturated carbocycles. The van der Waals surface area contributed by atoms with Gasteiger partial charge in [-0.05, 0) is 81.0 Å². The molecule has 1 aromatic carbocycles. The zero-order valence-corrected chi connectivity index (χ0v) is 19.2. The van der Waals surface area contributed by atoms with Crippen LogP contribution in [-0.2, 0) is 9.59 Å². The molecule has 1 aliphatic heterocycles. The summed E-state index contributed by atoms with van der Waals surface area (Å²) in [4.78, 5) is 29.7. The number of benzene rings is 1. The van der Waals surface area contributed by atoms with E-state index in [1.165, 1.54) is 5.69 Å². The SMILES string of the molecule is O=C(O)C1=C(NC(=O)[C@H]2CC[C@H](N3CCN(c4ccc(Cl)cc4)CC3)C2)CCC2(CC2)C1. The molecule has 5 rings (SSSR count). The topological polar surface area (TPSA) is 72.9 Å². The number of nitrogens with zero attached hydrogens (tertiary/aromatic N) is 2. The Labute approximate surface area is 194 Å². The highest BCUT2D eigenvalue weighted by Gasteiger charge is 2.47. The third-order valence-electron chi connectivity index (χ3n) is 8.11. The summed E-state index contributed by atoms with van der Waals surface area (Å²) in [6.07, 6.45) is 7.35. The zero-order chi connectivity index (χ0) is 22.3. The molecule has 7 heteroatoms. The Morgan fingerprint density at radius 3 is 2.41 bits per heavy atom. The predicted molar refractivity (Wildman–Crippen MR) is 125 cm³/mol. The predicted octanol–water partition coefficient (Wildman–Crippen LogP) is 4.05. The van der Waals surface area contributed by atoms with E-state index in [9.17, 15) is 14.7 Å². The second-order valence-electron chi connectivity index (χ2n) is 10.1. The van der Waals surface area contributed by atoms with E-state index < -0.39 is 5.97 Å². The summed E-state index contributed by atoms with van der Waals surface area (Å²) in [7, 11) is 0. The standard InChI is InChI=1S/C25H32ClN3O3/c26-18-2-5-19(6-3-18)28-11-13-29(14-12-28)20-4-1-17(15-20)23(30)27-22-7-8-25(9-10-25)16-21(22)24(31)32/h2-3,5-6,17,20H,1,4,7-16H2,(H,27,30)(H,31,32)/t17-,20-/m0/s1. The van der Waals surface area contributed by atoms with E-state index in [-0.39, 0.29) is 17.2 Å². The molecule has 3 aliphatic carbocycles. The van der Waals surface area contributed by atoms with Crippen molar-refractivity contribution in [3.63, 3.8) is 0 Å². The van der Waals surface area contributed by atoms with E-state index >= 15 is 0 Å². The first kappa shape index (κ1) is 21.8. The highest BCUT2D eigenvalue weighted by molar-refractivity contribution is 6.30. The number of rotatable bonds is 5. The number of hydrogen-bond acceptors (Lipinski definition) is 4. The first-order valence-corrected chi connectivity index (χ1v) is 12.3. The van der Waals surface area contributed by atoms with Crippen LogP contribution in [0.25, 0.3) is 0 Å². The van der Waals surface area contributed by atoms with E-state index in [0.29, 0.717) is 30.2 Å². The number of allylic oxidation sites excluding steroid dienone is 1. The van der Waals surface area contributed by atoms with Crippen molar-refractivity contribution in [1.82, 2.24) is 10.2 Å². The van der Waals surface area contributed by atoms with Gasteiger partial charge in [-0.2, -0.15) is 0 Å². The summed E-state index contributed by atoms with van der Waals surface area (Å²) in [6, 6.07) is 8.46. The van der Waals surface area contributed by atoms with Crippen LogP contribution in [0.15, 0.2) is 35.5 Å². The quantitative estimate of drug-likeness (QED) is 0.697. The maximum atomic E-state index is 13.0. The number of nitrogens with one attached hydrogen (secondary N) is 1. The molecular weight excluding hydrogens is 426 g/mol. The summed E-state index contributed by atoms with van der Waals surface area (Å²) >= 11 is 6.01. The number of carbonyl (C=O) groups excluding carboxylic acids is 1. The van der Waals surface area contributed by atoms with Crippen LogP contribution in [0.1, 0.15) is 51.4 Å². The Hall–Kier alpha value is -2.05. The van der Waals surface area contributed by atoms with E-state index in [1.54, 1.807) is 0 Å². The molecule has 2 atom stereocenters. The van der Waals surface area contributed by atoms with Gasteiger partial charge in [-0.25, -0.2) is 4.79 Å². The largest absolute Gasteiger partial charge is 0.478 e. The van der Waals surface area contributed by atoms with E-state index in [4.69, 9.17) is 11.6 Å². The lowest BCUT2D eigenvalue weighted by Crippen LogP contribution is -2.50. The third-order valence-corrected chi connectivity index (χ3v) is 8.36. The normalized spacial score (nSPS) is 27.6. The van der Waals surface area contributed by atoms with Crippen molar-refractivity contribution in [2.24, 2.45) is 11.3 Å². The van der Waals surface area contributed by atoms with Crippen molar-refractivity contribution < 1.29 is 14.7 Å². The molecule has 1 spiro atoms. The average Bonchev–Trinajstić information content (AvgIpc) is 3.35. The Kier molecular flexibility index (Phi) is 5.93. The Balaban J connectivity index is 1.14. The molecule has 172 valence electrons. The van der Waals surface area contributed by atoms with Gasteiger partial charge in [-0.1, -0.05) is 11.6 Å². The number of aliphatic carboxylic acids is 1. The van der Waals surface area contributed by atoms with Crippen molar-refractivity contribution in [3.8, 4) is 0 Å². The summed E-state index contributed by atoms with van der Waals surface area (Å²) < 4.78 is 0. The van der Waals surface area contributed by atoms with Crippen molar-refractivity contribution >= 4 is 29.2 Å². The van der Waals surface area contributed by atoms with Crippen molar-refractivity contribution in [1.29, 1.82) is 0 Å². The Bertz CT molecular complexity index is 917. The molecule has 1 heterocycles.